The van der Waals surface area contributed by atoms with E-state index in [0.717, 1.165) is 22.3 Å². The second-order valence-electron chi connectivity index (χ2n) is 8.65. The Morgan fingerprint density at radius 1 is 0.909 bits per heavy atom. The monoisotopic (exact) mass is 462 g/mol. The van der Waals surface area contributed by atoms with Gasteiger partial charge in [0.25, 0.3) is 0 Å². The predicted octanol–water partition coefficient (Wildman–Crippen LogP) is 5.36. The van der Waals surface area contributed by atoms with Gasteiger partial charge in [0.2, 0.25) is 11.8 Å². The van der Waals surface area contributed by atoms with Crippen LogP contribution in [-0.4, -0.2) is 28.8 Å². The maximum Gasteiger partial charge on any atom is 0.243 e. The van der Waals surface area contributed by atoms with Crippen molar-refractivity contribution >= 4 is 23.4 Å². The molecule has 1 atom stereocenters. The molecular formula is C28H31ClN2O2. The summed E-state index contributed by atoms with van der Waals surface area (Å²) in [5, 5.41) is 3.58. The molecule has 3 aromatic rings. The number of rotatable bonds is 9. The number of halogens is 1. The number of amides is 2. The van der Waals surface area contributed by atoms with Crippen LogP contribution in [0.25, 0.3) is 0 Å². The molecule has 33 heavy (non-hydrogen) atoms. The first-order valence-corrected chi connectivity index (χ1v) is 11.6. The first-order valence-electron chi connectivity index (χ1n) is 11.3. The Bertz CT molecular complexity index is 1080. The molecule has 2 amide bonds. The molecule has 0 spiro atoms. The summed E-state index contributed by atoms with van der Waals surface area (Å²) in [6.45, 7) is 6.10. The summed E-state index contributed by atoms with van der Waals surface area (Å²) in [6.07, 6.45) is 0.635. The number of aryl methyl sites for hydroxylation is 1. The van der Waals surface area contributed by atoms with Gasteiger partial charge in [-0.05, 0) is 43.5 Å². The summed E-state index contributed by atoms with van der Waals surface area (Å²) in [4.78, 5) is 28.7. The molecule has 0 saturated carbocycles. The summed E-state index contributed by atoms with van der Waals surface area (Å²) in [5.74, 6) is -0.279. The first-order chi connectivity index (χ1) is 15.8. The smallest absolute Gasteiger partial charge is 0.243 e. The first kappa shape index (κ1) is 24.5. The van der Waals surface area contributed by atoms with Crippen LogP contribution in [0.1, 0.15) is 36.1 Å². The van der Waals surface area contributed by atoms with Crippen LogP contribution < -0.4 is 5.32 Å². The number of hydrogen-bond donors (Lipinski definition) is 1. The summed E-state index contributed by atoms with van der Waals surface area (Å²) < 4.78 is 0. The van der Waals surface area contributed by atoms with Crippen molar-refractivity contribution in [3.8, 4) is 0 Å². The normalized spacial score (nSPS) is 11.8. The highest BCUT2D eigenvalue weighted by Gasteiger charge is 2.31. The van der Waals surface area contributed by atoms with Gasteiger partial charge in [-0.15, -0.1) is 0 Å². The molecule has 0 heterocycles. The Hall–Kier alpha value is -3.11. The van der Waals surface area contributed by atoms with Gasteiger partial charge in [-0.1, -0.05) is 90.0 Å². The van der Waals surface area contributed by atoms with E-state index in [0.29, 0.717) is 11.4 Å². The van der Waals surface area contributed by atoms with Crippen molar-refractivity contribution in [3.05, 3.63) is 106 Å². The predicted molar refractivity (Wildman–Crippen MR) is 134 cm³/mol. The highest BCUT2D eigenvalue weighted by atomic mass is 35.5. The molecular weight excluding hydrogens is 432 g/mol. The van der Waals surface area contributed by atoms with Crippen LogP contribution in [0.3, 0.4) is 0 Å². The molecule has 1 N–H and O–H groups in total. The number of carbonyl (C=O) groups excluding carboxylic acids is 2. The van der Waals surface area contributed by atoms with E-state index in [1.165, 1.54) is 0 Å². The van der Waals surface area contributed by atoms with E-state index in [9.17, 15) is 9.59 Å². The van der Waals surface area contributed by atoms with E-state index in [1.54, 1.807) is 11.0 Å². The van der Waals surface area contributed by atoms with Gasteiger partial charge in [0.1, 0.15) is 6.04 Å². The standard InChI is InChI=1S/C28H31ClN2O2/c1-20(2)30-28(33)26(17-22-11-5-4-6-12-22)31(19-24-14-7-8-15-25(24)29)27(32)18-23-13-9-10-21(3)16-23/h4-16,20,26H,17-19H2,1-3H3,(H,30,33)/t26-/m1/s1. The van der Waals surface area contributed by atoms with Crippen molar-refractivity contribution in [3.63, 3.8) is 0 Å². The largest absolute Gasteiger partial charge is 0.352 e. The lowest BCUT2D eigenvalue weighted by atomic mass is 10.0. The minimum Gasteiger partial charge on any atom is -0.352 e. The molecule has 0 fully saturated rings. The number of nitrogens with zero attached hydrogens (tertiary/aromatic N) is 1. The third-order valence-corrected chi connectivity index (χ3v) is 5.81. The summed E-state index contributed by atoms with van der Waals surface area (Å²) in [5.41, 5.74) is 3.82. The fraction of sp³-hybridized carbons (Fsp3) is 0.286. The molecule has 4 nitrogen and oxygen atoms in total. The second kappa shape index (κ2) is 11.7. The fourth-order valence-corrected chi connectivity index (χ4v) is 4.04. The quantitative estimate of drug-likeness (QED) is 0.465. The van der Waals surface area contributed by atoms with Gasteiger partial charge in [-0.2, -0.15) is 0 Å². The van der Waals surface area contributed by atoms with E-state index in [-0.39, 0.29) is 30.8 Å². The van der Waals surface area contributed by atoms with Crippen molar-refractivity contribution in [2.24, 2.45) is 0 Å². The summed E-state index contributed by atoms with van der Waals surface area (Å²) in [6, 6.07) is 24.4. The Kier molecular flexibility index (Phi) is 8.67. The summed E-state index contributed by atoms with van der Waals surface area (Å²) >= 11 is 6.44. The van der Waals surface area contributed by atoms with Crippen molar-refractivity contribution in [1.82, 2.24) is 10.2 Å². The molecule has 172 valence electrons. The van der Waals surface area contributed by atoms with E-state index < -0.39 is 6.04 Å². The average Bonchev–Trinajstić information content (AvgIpc) is 2.77. The van der Waals surface area contributed by atoms with Crippen molar-refractivity contribution in [2.75, 3.05) is 0 Å². The third kappa shape index (κ3) is 7.19. The number of nitrogens with one attached hydrogen (secondary N) is 1. The Morgan fingerprint density at radius 3 is 2.24 bits per heavy atom. The lowest BCUT2D eigenvalue weighted by Gasteiger charge is -2.32. The maximum atomic E-state index is 13.7. The average molecular weight is 463 g/mol. The van der Waals surface area contributed by atoms with Crippen molar-refractivity contribution in [1.29, 1.82) is 0 Å². The molecule has 0 aliphatic rings. The van der Waals surface area contributed by atoms with Gasteiger partial charge in [0.15, 0.2) is 0 Å². The molecule has 0 aliphatic carbocycles. The second-order valence-corrected chi connectivity index (χ2v) is 9.05. The van der Waals surface area contributed by atoms with Crippen LogP contribution in [0, 0.1) is 6.92 Å². The lowest BCUT2D eigenvalue weighted by molar-refractivity contribution is -0.141. The molecule has 0 bridgehead atoms. The van der Waals surface area contributed by atoms with Gasteiger partial charge in [-0.3, -0.25) is 9.59 Å². The van der Waals surface area contributed by atoms with Gasteiger partial charge in [0, 0.05) is 24.0 Å². The highest BCUT2D eigenvalue weighted by molar-refractivity contribution is 6.31. The molecule has 5 heteroatoms. The van der Waals surface area contributed by atoms with Crippen molar-refractivity contribution < 1.29 is 9.59 Å². The molecule has 0 saturated heterocycles. The lowest BCUT2D eigenvalue weighted by Crippen LogP contribution is -2.52. The number of carbonyl (C=O) groups is 2. The minimum atomic E-state index is -0.664. The van der Waals surface area contributed by atoms with Gasteiger partial charge in [-0.25, -0.2) is 0 Å². The number of benzene rings is 3. The molecule has 0 unspecified atom stereocenters. The Morgan fingerprint density at radius 2 is 1.58 bits per heavy atom. The topological polar surface area (TPSA) is 49.4 Å². The summed E-state index contributed by atoms with van der Waals surface area (Å²) in [7, 11) is 0. The van der Waals surface area contributed by atoms with E-state index in [2.05, 4.69) is 5.32 Å². The zero-order chi connectivity index (χ0) is 23.8. The highest BCUT2D eigenvalue weighted by Crippen LogP contribution is 2.21. The maximum absolute atomic E-state index is 13.7. The SMILES string of the molecule is Cc1cccc(CC(=O)N(Cc2ccccc2Cl)[C@H](Cc2ccccc2)C(=O)NC(C)C)c1. The zero-order valence-corrected chi connectivity index (χ0v) is 20.2. The Balaban J connectivity index is 1.98. The van der Waals surface area contributed by atoms with Crippen LogP contribution in [-0.2, 0) is 29.0 Å². The molecule has 0 aromatic heterocycles. The molecule has 3 rings (SSSR count). The van der Waals surface area contributed by atoms with Crippen LogP contribution in [0.5, 0.6) is 0 Å². The molecule has 0 aliphatic heterocycles. The van der Waals surface area contributed by atoms with Crippen molar-refractivity contribution in [2.45, 2.75) is 52.2 Å². The van der Waals surface area contributed by atoms with E-state index in [1.807, 2.05) is 93.6 Å². The van der Waals surface area contributed by atoms with E-state index >= 15 is 0 Å². The van der Waals surface area contributed by atoms with Gasteiger partial charge >= 0.3 is 0 Å². The van der Waals surface area contributed by atoms with E-state index in [4.69, 9.17) is 11.6 Å². The van der Waals surface area contributed by atoms with Gasteiger partial charge < -0.3 is 10.2 Å². The van der Waals surface area contributed by atoms with Crippen LogP contribution in [0.2, 0.25) is 5.02 Å². The Labute approximate surface area is 201 Å². The van der Waals surface area contributed by atoms with Crippen LogP contribution in [0.15, 0.2) is 78.9 Å². The third-order valence-electron chi connectivity index (χ3n) is 5.44. The molecule has 3 aromatic carbocycles. The molecule has 0 radical (unpaired) electrons. The minimum absolute atomic E-state index is 0.0372. The zero-order valence-electron chi connectivity index (χ0n) is 19.4. The number of hydrogen-bond acceptors (Lipinski definition) is 2. The van der Waals surface area contributed by atoms with Crippen LogP contribution in [0.4, 0.5) is 0 Å². The fourth-order valence-electron chi connectivity index (χ4n) is 3.84. The van der Waals surface area contributed by atoms with Gasteiger partial charge in [0.05, 0.1) is 6.42 Å². The van der Waals surface area contributed by atoms with Crippen LogP contribution >= 0.6 is 11.6 Å².